The van der Waals surface area contributed by atoms with Gasteiger partial charge in [-0.15, -0.1) is 5.06 Å². The molecule has 220 valence electrons. The van der Waals surface area contributed by atoms with Crippen molar-refractivity contribution in [2.45, 2.75) is 56.5 Å². The van der Waals surface area contributed by atoms with Crippen molar-refractivity contribution in [1.29, 1.82) is 5.26 Å². The standard InChI is InChI=1S/C29H31F3N8O2/c1-27(2,41)20-13-24(29(30,31)32)37-25(14-20)42-39-11-9-38(10-12-39)21-15-28(16-21,5-6-33)40-18-19(17-36-40)22-3-7-34-26-23(22)4-8-35-26/h3-4,7-8,13-14,17-18,21,41H,5,9-12,15-16H2,1-2H3,(H,34,35). The van der Waals surface area contributed by atoms with Crippen LogP contribution >= 0.6 is 0 Å². The molecule has 0 bridgehead atoms. The molecule has 0 atom stereocenters. The SMILES string of the molecule is CC(C)(O)c1cc(ON2CCN(C3CC(CC#N)(n4cc(-c5ccnc6[nH]ccc56)cn4)C3)CC2)nc(C(F)(F)F)c1. The molecule has 1 aliphatic carbocycles. The highest BCUT2D eigenvalue weighted by Gasteiger charge is 2.49. The van der Waals surface area contributed by atoms with Crippen LogP contribution in [0.25, 0.3) is 22.2 Å². The van der Waals surface area contributed by atoms with E-state index < -0.39 is 23.0 Å². The zero-order valence-corrected chi connectivity index (χ0v) is 23.3. The molecule has 0 radical (unpaired) electrons. The number of halogens is 3. The van der Waals surface area contributed by atoms with Gasteiger partial charge in [0, 0.05) is 67.8 Å². The van der Waals surface area contributed by atoms with Crippen molar-refractivity contribution in [1.82, 2.24) is 34.7 Å². The monoisotopic (exact) mass is 580 g/mol. The van der Waals surface area contributed by atoms with Gasteiger partial charge in [-0.1, -0.05) is 0 Å². The summed E-state index contributed by atoms with van der Waals surface area (Å²) in [5.74, 6) is -0.201. The Morgan fingerprint density at radius 1 is 1.17 bits per heavy atom. The number of aromatic nitrogens is 5. The van der Waals surface area contributed by atoms with E-state index in [1.807, 2.05) is 35.4 Å². The third-order valence-electron chi connectivity index (χ3n) is 8.29. The van der Waals surface area contributed by atoms with Crippen LogP contribution in [0.5, 0.6) is 5.88 Å². The van der Waals surface area contributed by atoms with Crippen molar-refractivity contribution < 1.29 is 23.1 Å². The predicted octanol–water partition coefficient (Wildman–Crippen LogP) is 4.45. The Morgan fingerprint density at radius 3 is 2.62 bits per heavy atom. The van der Waals surface area contributed by atoms with Crippen LogP contribution in [-0.4, -0.2) is 72.0 Å². The number of nitrogens with zero attached hydrogens (tertiary/aromatic N) is 7. The minimum Gasteiger partial charge on any atom is -0.386 e. The molecule has 6 rings (SSSR count). The second kappa shape index (κ2) is 10.4. The number of H-pyrrole nitrogens is 1. The van der Waals surface area contributed by atoms with Gasteiger partial charge >= 0.3 is 6.18 Å². The van der Waals surface area contributed by atoms with Gasteiger partial charge in [0.1, 0.15) is 11.3 Å². The van der Waals surface area contributed by atoms with Crippen molar-refractivity contribution in [3.63, 3.8) is 0 Å². The Bertz CT molecular complexity index is 1590. The van der Waals surface area contributed by atoms with Gasteiger partial charge in [0.25, 0.3) is 0 Å². The van der Waals surface area contributed by atoms with Gasteiger partial charge in [-0.2, -0.15) is 23.5 Å². The molecule has 42 heavy (non-hydrogen) atoms. The number of rotatable bonds is 7. The smallest absolute Gasteiger partial charge is 0.386 e. The molecule has 4 aromatic rings. The summed E-state index contributed by atoms with van der Waals surface area (Å²) in [6.45, 7) is 5.07. The molecule has 2 N–H and O–H groups in total. The first-order valence-electron chi connectivity index (χ1n) is 13.8. The third kappa shape index (κ3) is 5.33. The summed E-state index contributed by atoms with van der Waals surface area (Å²) in [6.07, 6.45) is 4.65. The van der Waals surface area contributed by atoms with Crippen molar-refractivity contribution >= 4 is 11.0 Å². The van der Waals surface area contributed by atoms with Crippen LogP contribution in [0.2, 0.25) is 0 Å². The minimum absolute atomic E-state index is 0.0741. The van der Waals surface area contributed by atoms with E-state index in [0.29, 0.717) is 32.6 Å². The summed E-state index contributed by atoms with van der Waals surface area (Å²) >= 11 is 0. The van der Waals surface area contributed by atoms with Gasteiger partial charge in [-0.25, -0.2) is 9.97 Å². The number of pyridine rings is 2. The molecule has 0 amide bonds. The molecule has 0 unspecified atom stereocenters. The Labute approximate surface area is 240 Å². The molecule has 10 nitrogen and oxygen atoms in total. The lowest BCUT2D eigenvalue weighted by atomic mass is 9.70. The minimum atomic E-state index is -4.67. The molecule has 5 heterocycles. The van der Waals surface area contributed by atoms with Crippen LogP contribution in [0, 0.1) is 11.3 Å². The molecule has 13 heteroatoms. The quantitative estimate of drug-likeness (QED) is 0.329. The van der Waals surface area contributed by atoms with Crippen LogP contribution in [0.3, 0.4) is 0 Å². The predicted molar refractivity (Wildman–Crippen MR) is 147 cm³/mol. The second-order valence-corrected chi connectivity index (χ2v) is 11.6. The van der Waals surface area contributed by atoms with Gasteiger partial charge in [0.05, 0.1) is 29.8 Å². The lowest BCUT2D eigenvalue weighted by molar-refractivity contribution is -0.143. The van der Waals surface area contributed by atoms with E-state index in [2.05, 4.69) is 31.0 Å². The Kier molecular flexibility index (Phi) is 6.95. The summed E-state index contributed by atoms with van der Waals surface area (Å²) in [5, 5.41) is 27.2. The molecule has 1 aliphatic heterocycles. The molecule has 2 aliphatic rings. The highest BCUT2D eigenvalue weighted by molar-refractivity contribution is 5.92. The van der Waals surface area contributed by atoms with Gasteiger partial charge in [0.15, 0.2) is 0 Å². The Morgan fingerprint density at radius 2 is 1.93 bits per heavy atom. The summed E-state index contributed by atoms with van der Waals surface area (Å²) in [7, 11) is 0. The van der Waals surface area contributed by atoms with Crippen LogP contribution in [-0.2, 0) is 17.3 Å². The first-order valence-corrected chi connectivity index (χ1v) is 13.8. The average molecular weight is 581 g/mol. The summed E-state index contributed by atoms with van der Waals surface area (Å²) in [4.78, 5) is 19.2. The topological polar surface area (TPSA) is 119 Å². The van der Waals surface area contributed by atoms with Crippen molar-refractivity contribution in [2.75, 3.05) is 26.2 Å². The largest absolute Gasteiger partial charge is 0.433 e. The number of nitrogens with one attached hydrogen (secondary N) is 1. The summed E-state index contributed by atoms with van der Waals surface area (Å²) in [5.41, 5.74) is -0.124. The molecule has 2 fully saturated rings. The Hall–Kier alpha value is -3.99. The maximum absolute atomic E-state index is 13.4. The van der Waals surface area contributed by atoms with Crippen molar-refractivity contribution in [2.24, 2.45) is 0 Å². The van der Waals surface area contributed by atoms with Crippen LogP contribution in [0.1, 0.15) is 44.4 Å². The first kappa shape index (κ1) is 28.1. The number of aromatic amines is 1. The van der Waals surface area contributed by atoms with Gasteiger partial charge in [0.2, 0.25) is 5.88 Å². The van der Waals surface area contributed by atoms with Gasteiger partial charge < -0.3 is 14.9 Å². The van der Waals surface area contributed by atoms with Crippen LogP contribution in [0.15, 0.2) is 49.1 Å². The number of hydrogen-bond acceptors (Lipinski definition) is 8. The van der Waals surface area contributed by atoms with Crippen LogP contribution in [0.4, 0.5) is 13.2 Å². The number of piperazine rings is 1. The zero-order valence-electron chi connectivity index (χ0n) is 23.3. The van der Waals surface area contributed by atoms with E-state index in [0.717, 1.165) is 41.1 Å². The molecule has 1 saturated carbocycles. The molecular formula is C29H31F3N8O2. The lowest BCUT2D eigenvalue weighted by Crippen LogP contribution is -2.60. The van der Waals surface area contributed by atoms with Crippen molar-refractivity contribution in [3.8, 4) is 23.1 Å². The molecule has 0 spiro atoms. The Balaban J connectivity index is 1.10. The maximum Gasteiger partial charge on any atom is 0.433 e. The highest BCUT2D eigenvalue weighted by atomic mass is 19.4. The number of hydroxylamine groups is 2. The average Bonchev–Trinajstić information content (AvgIpc) is 3.60. The first-order chi connectivity index (χ1) is 19.9. The fourth-order valence-corrected chi connectivity index (χ4v) is 5.91. The van der Waals surface area contributed by atoms with E-state index >= 15 is 0 Å². The van der Waals surface area contributed by atoms with Crippen molar-refractivity contribution in [3.05, 3.63) is 60.3 Å². The van der Waals surface area contributed by atoms with E-state index in [4.69, 9.17) is 4.84 Å². The van der Waals surface area contributed by atoms with Gasteiger partial charge in [-0.3, -0.25) is 9.58 Å². The molecule has 1 saturated heterocycles. The fraction of sp³-hybridized carbons (Fsp3) is 0.448. The summed E-state index contributed by atoms with van der Waals surface area (Å²) in [6, 6.07) is 8.72. The molecular weight excluding hydrogens is 549 g/mol. The number of alkyl halides is 3. The third-order valence-corrected chi connectivity index (χ3v) is 8.29. The second-order valence-electron chi connectivity index (χ2n) is 11.6. The summed E-state index contributed by atoms with van der Waals surface area (Å²) < 4.78 is 42.2. The maximum atomic E-state index is 13.4. The van der Waals surface area contributed by atoms with E-state index in [1.54, 1.807) is 11.3 Å². The number of nitriles is 1. The van der Waals surface area contributed by atoms with E-state index in [9.17, 15) is 23.5 Å². The van der Waals surface area contributed by atoms with Gasteiger partial charge in [-0.05, 0) is 56.0 Å². The highest BCUT2D eigenvalue weighted by Crippen LogP contribution is 2.45. The normalized spacial score (nSPS) is 22.2. The number of hydrogen-bond donors (Lipinski definition) is 2. The number of aliphatic hydroxyl groups is 1. The lowest BCUT2D eigenvalue weighted by Gasteiger charge is -2.52. The van der Waals surface area contributed by atoms with E-state index in [-0.39, 0.29) is 17.5 Å². The molecule has 4 aromatic heterocycles. The fourth-order valence-electron chi connectivity index (χ4n) is 5.91. The van der Waals surface area contributed by atoms with E-state index in [1.165, 1.54) is 19.9 Å². The van der Waals surface area contributed by atoms with Crippen LogP contribution < -0.4 is 4.84 Å². The molecule has 0 aromatic carbocycles. The number of fused-ring (bicyclic) bond motifs is 1. The zero-order chi connectivity index (χ0) is 29.7.